The molecule has 0 heterocycles. The van der Waals surface area contributed by atoms with Crippen LogP contribution in [0.2, 0.25) is 0 Å². The number of carbonyl (C=O) groups excluding carboxylic acids is 2. The molecule has 0 fully saturated rings. The van der Waals surface area contributed by atoms with Crippen LogP contribution in [-0.2, 0) is 26.2 Å². The van der Waals surface area contributed by atoms with E-state index in [0.29, 0.717) is 43.5 Å². The van der Waals surface area contributed by atoms with E-state index in [0.717, 1.165) is 17.4 Å². The lowest BCUT2D eigenvalue weighted by Gasteiger charge is -2.30. The molecule has 0 spiro atoms. The van der Waals surface area contributed by atoms with Gasteiger partial charge in [0.25, 0.3) is 0 Å². The fraction of sp³-hybridized carbons (Fsp3) is 0.500. The minimum Gasteiger partial charge on any atom is -0.494 e. The van der Waals surface area contributed by atoms with Crippen LogP contribution < -0.4 is 14.4 Å². The second-order valence-corrected chi connectivity index (χ2v) is 11.6. The van der Waals surface area contributed by atoms with E-state index in [2.05, 4.69) is 5.32 Å². The molecule has 2 aromatic rings. The molecular weight excluding hydrogens is 490 g/mol. The van der Waals surface area contributed by atoms with Crippen molar-refractivity contribution in [1.82, 2.24) is 10.2 Å². The van der Waals surface area contributed by atoms with Gasteiger partial charge in [0.05, 0.1) is 18.6 Å². The van der Waals surface area contributed by atoms with Crippen molar-refractivity contribution in [2.24, 2.45) is 5.92 Å². The van der Waals surface area contributed by atoms with Crippen LogP contribution in [-0.4, -0.2) is 57.1 Å². The number of hydrogen-bond acceptors (Lipinski definition) is 5. The molecular formula is C28H41N3O5S. The van der Waals surface area contributed by atoms with Gasteiger partial charge in [-0.15, -0.1) is 0 Å². The minimum atomic E-state index is -3.56. The number of sulfonamides is 1. The molecule has 204 valence electrons. The maximum Gasteiger partial charge on any atom is 0.242 e. The van der Waals surface area contributed by atoms with E-state index in [9.17, 15) is 18.0 Å². The molecule has 1 atom stereocenters. The van der Waals surface area contributed by atoms with Crippen LogP contribution in [0.3, 0.4) is 0 Å². The molecule has 0 bridgehead atoms. The van der Waals surface area contributed by atoms with Gasteiger partial charge in [-0.1, -0.05) is 43.7 Å². The Balaban J connectivity index is 2.15. The summed E-state index contributed by atoms with van der Waals surface area (Å²) in [5.74, 6) is 0.545. The Morgan fingerprint density at radius 2 is 1.73 bits per heavy atom. The maximum atomic E-state index is 13.4. The first-order chi connectivity index (χ1) is 17.4. The number of anilines is 1. The highest BCUT2D eigenvalue weighted by atomic mass is 32.2. The number of hydrogen-bond donors (Lipinski definition) is 1. The van der Waals surface area contributed by atoms with Crippen molar-refractivity contribution >= 4 is 27.5 Å². The van der Waals surface area contributed by atoms with Gasteiger partial charge < -0.3 is 15.0 Å². The van der Waals surface area contributed by atoms with Crippen molar-refractivity contribution in [3.8, 4) is 5.75 Å². The molecule has 0 saturated carbocycles. The summed E-state index contributed by atoms with van der Waals surface area (Å²) in [5, 5.41) is 2.91. The molecule has 0 aromatic heterocycles. The highest BCUT2D eigenvalue weighted by Gasteiger charge is 2.26. The Hall–Kier alpha value is -3.07. The van der Waals surface area contributed by atoms with E-state index in [4.69, 9.17) is 4.74 Å². The molecule has 8 nitrogen and oxygen atoms in total. The van der Waals surface area contributed by atoms with Gasteiger partial charge in [-0.2, -0.15) is 0 Å². The van der Waals surface area contributed by atoms with Gasteiger partial charge in [-0.25, -0.2) is 8.42 Å². The first-order valence-corrected chi connectivity index (χ1v) is 14.6. The summed E-state index contributed by atoms with van der Waals surface area (Å²) in [7, 11) is -3.56. The molecule has 37 heavy (non-hydrogen) atoms. The van der Waals surface area contributed by atoms with Gasteiger partial charge in [0.2, 0.25) is 21.8 Å². The smallest absolute Gasteiger partial charge is 0.242 e. The Labute approximate surface area is 222 Å². The van der Waals surface area contributed by atoms with Crippen molar-refractivity contribution < 1.29 is 22.7 Å². The van der Waals surface area contributed by atoms with Crippen LogP contribution in [0.5, 0.6) is 5.75 Å². The van der Waals surface area contributed by atoms with Gasteiger partial charge in [0, 0.05) is 26.1 Å². The van der Waals surface area contributed by atoms with E-state index in [-0.39, 0.29) is 24.8 Å². The minimum absolute atomic E-state index is 0.108. The van der Waals surface area contributed by atoms with Gasteiger partial charge >= 0.3 is 0 Å². The molecule has 2 amide bonds. The zero-order chi connectivity index (χ0) is 27.6. The van der Waals surface area contributed by atoms with Gasteiger partial charge in [0.15, 0.2) is 0 Å². The fourth-order valence-corrected chi connectivity index (χ4v) is 4.89. The topological polar surface area (TPSA) is 96.0 Å². The maximum absolute atomic E-state index is 13.4. The summed E-state index contributed by atoms with van der Waals surface area (Å²) in [4.78, 5) is 27.8. The van der Waals surface area contributed by atoms with E-state index in [1.54, 1.807) is 36.1 Å². The fourth-order valence-electron chi connectivity index (χ4n) is 3.92. The summed E-state index contributed by atoms with van der Waals surface area (Å²) in [6, 6.07) is 14.0. The predicted octanol–water partition coefficient (Wildman–Crippen LogP) is 4.13. The van der Waals surface area contributed by atoms with E-state index < -0.39 is 16.1 Å². The summed E-state index contributed by atoms with van der Waals surface area (Å²) in [5.41, 5.74) is 2.52. The summed E-state index contributed by atoms with van der Waals surface area (Å²) >= 11 is 0. The Morgan fingerprint density at radius 1 is 1.05 bits per heavy atom. The van der Waals surface area contributed by atoms with Crippen LogP contribution in [0, 0.1) is 12.8 Å². The number of ether oxygens (including phenoxy) is 1. The molecule has 1 N–H and O–H groups in total. The Kier molecular flexibility index (Phi) is 11.4. The Morgan fingerprint density at radius 3 is 2.30 bits per heavy atom. The van der Waals surface area contributed by atoms with Crippen molar-refractivity contribution in [2.45, 2.75) is 60.0 Å². The van der Waals surface area contributed by atoms with E-state index >= 15 is 0 Å². The number of amides is 2. The largest absolute Gasteiger partial charge is 0.494 e. The number of rotatable bonds is 14. The normalized spacial score (nSPS) is 12.2. The molecule has 0 saturated heterocycles. The number of carbonyl (C=O) groups is 2. The number of nitrogens with one attached hydrogen (secondary N) is 1. The molecule has 2 rings (SSSR count). The molecule has 0 aliphatic rings. The molecule has 2 aromatic carbocycles. The third kappa shape index (κ3) is 9.72. The molecule has 0 aliphatic heterocycles. The Bertz CT molecular complexity index is 1130. The van der Waals surface area contributed by atoms with Gasteiger partial charge in [-0.3, -0.25) is 13.9 Å². The highest BCUT2D eigenvalue weighted by Crippen LogP contribution is 2.22. The lowest BCUT2D eigenvalue weighted by atomic mass is 10.1. The first-order valence-electron chi connectivity index (χ1n) is 12.8. The van der Waals surface area contributed by atoms with Crippen LogP contribution >= 0.6 is 0 Å². The van der Waals surface area contributed by atoms with Crippen molar-refractivity contribution in [2.75, 3.05) is 30.3 Å². The number of nitrogens with zero attached hydrogens (tertiary/aromatic N) is 2. The zero-order valence-corrected chi connectivity index (χ0v) is 23.7. The van der Waals surface area contributed by atoms with Crippen LogP contribution in [0.15, 0.2) is 48.5 Å². The lowest BCUT2D eigenvalue weighted by Crippen LogP contribution is -2.48. The van der Waals surface area contributed by atoms with Gasteiger partial charge in [0.1, 0.15) is 11.8 Å². The number of aryl methyl sites for hydroxylation is 1. The zero-order valence-electron chi connectivity index (χ0n) is 22.9. The average molecular weight is 532 g/mol. The predicted molar refractivity (Wildman–Crippen MR) is 148 cm³/mol. The third-order valence-electron chi connectivity index (χ3n) is 5.88. The van der Waals surface area contributed by atoms with Crippen LogP contribution in [0.1, 0.15) is 51.7 Å². The SMILES string of the molecule is CCOc1ccc(N(CCCC(=O)N(Cc2cccc(C)c2)[C@H](C)C(=O)NCC(C)C)S(C)(=O)=O)cc1. The van der Waals surface area contributed by atoms with E-state index in [1.165, 1.54) is 4.31 Å². The monoisotopic (exact) mass is 531 g/mol. The second kappa shape index (κ2) is 14.0. The first kappa shape index (κ1) is 30.2. The van der Waals surface area contributed by atoms with Crippen molar-refractivity contribution in [3.63, 3.8) is 0 Å². The van der Waals surface area contributed by atoms with Crippen molar-refractivity contribution in [1.29, 1.82) is 0 Å². The highest BCUT2D eigenvalue weighted by molar-refractivity contribution is 7.92. The van der Waals surface area contributed by atoms with E-state index in [1.807, 2.05) is 52.0 Å². The standard InChI is InChI=1S/C28H41N3O5S/c1-7-36-26-15-13-25(14-16-26)31(37(6,34)35)17-9-12-27(32)30(20-24-11-8-10-22(4)18-24)23(5)28(33)29-19-21(2)3/h8,10-11,13-16,18,21,23H,7,9,12,17,19-20H2,1-6H3,(H,29,33)/t23-/m1/s1. The second-order valence-electron chi connectivity index (χ2n) is 9.69. The molecule has 0 aliphatic carbocycles. The lowest BCUT2D eigenvalue weighted by molar-refractivity contribution is -0.140. The summed E-state index contributed by atoms with van der Waals surface area (Å²) in [6.45, 7) is 11.1. The van der Waals surface area contributed by atoms with Gasteiger partial charge in [-0.05, 0) is 62.9 Å². The average Bonchev–Trinajstić information content (AvgIpc) is 2.83. The third-order valence-corrected chi connectivity index (χ3v) is 7.07. The van der Waals surface area contributed by atoms with Crippen molar-refractivity contribution in [3.05, 3.63) is 59.7 Å². The number of benzene rings is 2. The summed E-state index contributed by atoms with van der Waals surface area (Å²) < 4.78 is 31.7. The van der Waals surface area contributed by atoms with Crippen LogP contribution in [0.25, 0.3) is 0 Å². The summed E-state index contributed by atoms with van der Waals surface area (Å²) in [6.07, 6.45) is 1.57. The van der Waals surface area contributed by atoms with Crippen LogP contribution in [0.4, 0.5) is 5.69 Å². The quantitative estimate of drug-likeness (QED) is 0.396. The molecule has 0 unspecified atom stereocenters. The molecule has 9 heteroatoms. The molecule has 0 radical (unpaired) electrons.